The van der Waals surface area contributed by atoms with E-state index in [-0.39, 0.29) is 5.82 Å². The minimum atomic E-state index is -0.270. The van der Waals surface area contributed by atoms with Gasteiger partial charge in [-0.15, -0.1) is 0 Å². The maximum absolute atomic E-state index is 13.1. The van der Waals surface area contributed by atoms with Gasteiger partial charge in [0.05, 0.1) is 5.69 Å². The molecule has 0 saturated carbocycles. The second-order valence-corrected chi connectivity index (χ2v) is 4.54. The predicted molar refractivity (Wildman–Crippen MR) is 71.9 cm³/mol. The molecule has 19 heavy (non-hydrogen) atoms. The highest BCUT2D eigenvalue weighted by molar-refractivity contribution is 5.39. The molecular formula is C14H18FN3O. The zero-order valence-electron chi connectivity index (χ0n) is 11.4. The van der Waals surface area contributed by atoms with Crippen LogP contribution in [0, 0.1) is 19.7 Å². The first-order chi connectivity index (χ1) is 9.02. The Morgan fingerprint density at radius 3 is 2.74 bits per heavy atom. The molecule has 0 spiro atoms. The third-order valence-corrected chi connectivity index (χ3v) is 3.03. The number of aromatic nitrogens is 2. The Morgan fingerprint density at radius 1 is 1.37 bits per heavy atom. The van der Waals surface area contributed by atoms with Crippen molar-refractivity contribution in [3.8, 4) is 11.6 Å². The van der Waals surface area contributed by atoms with Crippen molar-refractivity contribution in [3.05, 3.63) is 40.8 Å². The number of nitrogens with zero attached hydrogens (tertiary/aromatic N) is 2. The van der Waals surface area contributed by atoms with Crippen LogP contribution in [0.2, 0.25) is 0 Å². The molecule has 1 aromatic carbocycles. The summed E-state index contributed by atoms with van der Waals surface area (Å²) >= 11 is 0. The van der Waals surface area contributed by atoms with Gasteiger partial charge in [0.2, 0.25) is 5.88 Å². The van der Waals surface area contributed by atoms with Gasteiger partial charge in [-0.1, -0.05) is 0 Å². The summed E-state index contributed by atoms with van der Waals surface area (Å²) in [4.78, 5) is 0. The maximum atomic E-state index is 13.1. The fraction of sp³-hybridized carbons (Fsp3) is 0.357. The highest BCUT2D eigenvalue weighted by Gasteiger charge is 2.15. The average molecular weight is 263 g/mol. The molecule has 5 heteroatoms. The quantitative estimate of drug-likeness (QED) is 0.922. The van der Waals surface area contributed by atoms with Gasteiger partial charge in [0, 0.05) is 12.6 Å². The summed E-state index contributed by atoms with van der Waals surface area (Å²) in [6.07, 6.45) is 0.704. The topological polar surface area (TPSA) is 53.1 Å². The van der Waals surface area contributed by atoms with Gasteiger partial charge in [0.1, 0.15) is 11.6 Å². The number of halogens is 1. The molecule has 0 aliphatic heterocycles. The van der Waals surface area contributed by atoms with Gasteiger partial charge in [-0.05, 0) is 50.6 Å². The van der Waals surface area contributed by atoms with E-state index in [1.165, 1.54) is 12.1 Å². The lowest BCUT2D eigenvalue weighted by molar-refractivity contribution is 0.422. The Balaban J connectivity index is 2.37. The predicted octanol–water partition coefficient (Wildman–Crippen LogP) is 2.47. The summed E-state index contributed by atoms with van der Waals surface area (Å²) in [6.45, 7) is 4.27. The van der Waals surface area contributed by atoms with E-state index in [9.17, 15) is 4.39 Å². The van der Waals surface area contributed by atoms with Gasteiger partial charge in [-0.25, -0.2) is 9.07 Å². The van der Waals surface area contributed by atoms with Crippen molar-refractivity contribution < 1.29 is 9.13 Å². The van der Waals surface area contributed by atoms with Crippen molar-refractivity contribution in [2.45, 2.75) is 20.3 Å². The smallest absolute Gasteiger partial charge is 0.221 e. The largest absolute Gasteiger partial charge is 0.439 e. The minimum Gasteiger partial charge on any atom is -0.439 e. The van der Waals surface area contributed by atoms with Crippen LogP contribution in [0.4, 0.5) is 4.39 Å². The molecule has 2 aromatic rings. The number of rotatable bonds is 4. The molecule has 2 rings (SSSR count). The van der Waals surface area contributed by atoms with E-state index in [4.69, 9.17) is 10.5 Å². The molecule has 1 aromatic heterocycles. The summed E-state index contributed by atoms with van der Waals surface area (Å²) in [5, 5.41) is 4.34. The van der Waals surface area contributed by atoms with Crippen molar-refractivity contribution in [3.63, 3.8) is 0 Å². The summed E-state index contributed by atoms with van der Waals surface area (Å²) in [5.74, 6) is 1.02. The molecule has 0 aliphatic carbocycles. The van der Waals surface area contributed by atoms with Gasteiger partial charge in [0.15, 0.2) is 0 Å². The summed E-state index contributed by atoms with van der Waals surface area (Å²) in [5.41, 5.74) is 8.26. The van der Waals surface area contributed by atoms with Gasteiger partial charge >= 0.3 is 0 Å². The van der Waals surface area contributed by atoms with Gasteiger partial charge in [0.25, 0.3) is 0 Å². The van der Waals surface area contributed by atoms with E-state index in [2.05, 4.69) is 5.10 Å². The van der Waals surface area contributed by atoms with Crippen LogP contribution in [-0.4, -0.2) is 16.3 Å². The lowest BCUT2D eigenvalue weighted by Crippen LogP contribution is -2.05. The molecule has 0 atom stereocenters. The fourth-order valence-corrected chi connectivity index (χ4v) is 2.07. The number of hydrogen-bond acceptors (Lipinski definition) is 3. The van der Waals surface area contributed by atoms with E-state index in [0.29, 0.717) is 24.6 Å². The zero-order valence-corrected chi connectivity index (χ0v) is 11.4. The monoisotopic (exact) mass is 263 g/mol. The molecule has 0 amide bonds. The second kappa shape index (κ2) is 5.40. The van der Waals surface area contributed by atoms with Gasteiger partial charge < -0.3 is 10.5 Å². The maximum Gasteiger partial charge on any atom is 0.221 e. The summed E-state index contributed by atoms with van der Waals surface area (Å²) < 4.78 is 20.6. The Hall–Kier alpha value is -1.88. The van der Waals surface area contributed by atoms with E-state index in [1.54, 1.807) is 10.7 Å². The van der Waals surface area contributed by atoms with Gasteiger partial charge in [-0.2, -0.15) is 5.10 Å². The molecule has 0 aliphatic rings. The van der Waals surface area contributed by atoms with Crippen molar-refractivity contribution >= 4 is 0 Å². The summed E-state index contributed by atoms with van der Waals surface area (Å²) in [7, 11) is 1.82. The fourth-order valence-electron chi connectivity index (χ4n) is 2.07. The molecular weight excluding hydrogens is 245 g/mol. The van der Waals surface area contributed by atoms with Crippen molar-refractivity contribution in [2.24, 2.45) is 12.8 Å². The first kappa shape index (κ1) is 13.5. The SMILES string of the molecule is Cc1cc(F)ccc1Oc1c(CCN)c(C)nn1C. The Kier molecular flexibility index (Phi) is 3.85. The van der Waals surface area contributed by atoms with Crippen LogP contribution in [-0.2, 0) is 13.5 Å². The van der Waals surface area contributed by atoms with Crippen LogP contribution in [0.1, 0.15) is 16.8 Å². The molecule has 0 unspecified atom stereocenters. The van der Waals surface area contributed by atoms with E-state index in [1.807, 2.05) is 20.9 Å². The average Bonchev–Trinajstić information content (AvgIpc) is 2.60. The van der Waals surface area contributed by atoms with E-state index < -0.39 is 0 Å². The Bertz CT molecular complexity index is 593. The second-order valence-electron chi connectivity index (χ2n) is 4.54. The molecule has 2 N–H and O–H groups in total. The number of nitrogens with two attached hydrogens (primary N) is 1. The molecule has 1 heterocycles. The lowest BCUT2D eigenvalue weighted by atomic mass is 10.2. The van der Waals surface area contributed by atoms with Crippen LogP contribution < -0.4 is 10.5 Å². The standard InChI is InChI=1S/C14H18FN3O/c1-9-8-11(15)4-5-13(9)19-14-12(6-7-16)10(2)17-18(14)3/h4-5,8H,6-7,16H2,1-3H3. The lowest BCUT2D eigenvalue weighted by Gasteiger charge is -2.10. The third kappa shape index (κ3) is 2.76. The molecule has 0 radical (unpaired) electrons. The molecule has 4 nitrogen and oxygen atoms in total. The molecule has 0 saturated heterocycles. The Labute approximate surface area is 112 Å². The van der Waals surface area contributed by atoms with Crippen LogP contribution in [0.25, 0.3) is 0 Å². The van der Waals surface area contributed by atoms with E-state index in [0.717, 1.165) is 16.8 Å². The van der Waals surface area contributed by atoms with E-state index >= 15 is 0 Å². The van der Waals surface area contributed by atoms with Crippen molar-refractivity contribution in [1.29, 1.82) is 0 Å². The van der Waals surface area contributed by atoms with Gasteiger partial charge in [-0.3, -0.25) is 0 Å². The number of aryl methyl sites for hydroxylation is 3. The number of ether oxygens (including phenoxy) is 1. The Morgan fingerprint density at radius 2 is 2.11 bits per heavy atom. The summed E-state index contributed by atoms with van der Waals surface area (Å²) in [6, 6.07) is 4.45. The first-order valence-corrected chi connectivity index (χ1v) is 6.19. The van der Waals surface area contributed by atoms with Crippen LogP contribution >= 0.6 is 0 Å². The highest BCUT2D eigenvalue weighted by atomic mass is 19.1. The number of benzene rings is 1. The minimum absolute atomic E-state index is 0.270. The first-order valence-electron chi connectivity index (χ1n) is 6.19. The highest BCUT2D eigenvalue weighted by Crippen LogP contribution is 2.29. The van der Waals surface area contributed by atoms with Crippen LogP contribution in [0.3, 0.4) is 0 Å². The van der Waals surface area contributed by atoms with Crippen LogP contribution in [0.15, 0.2) is 18.2 Å². The van der Waals surface area contributed by atoms with Crippen molar-refractivity contribution in [1.82, 2.24) is 9.78 Å². The molecule has 102 valence electrons. The normalized spacial score (nSPS) is 10.8. The van der Waals surface area contributed by atoms with Crippen LogP contribution in [0.5, 0.6) is 11.6 Å². The molecule has 0 fully saturated rings. The zero-order chi connectivity index (χ0) is 14.0. The molecule has 0 bridgehead atoms. The van der Waals surface area contributed by atoms with Crippen molar-refractivity contribution in [2.75, 3.05) is 6.54 Å². The third-order valence-electron chi connectivity index (χ3n) is 3.03. The number of hydrogen-bond donors (Lipinski definition) is 1.